The van der Waals surface area contributed by atoms with Gasteiger partial charge in [-0.25, -0.2) is 0 Å². The van der Waals surface area contributed by atoms with Gasteiger partial charge in [-0.1, -0.05) is 159 Å². The molecule has 0 amide bonds. The fourth-order valence-corrected chi connectivity index (χ4v) is 9.89. The molecule has 0 saturated carbocycles. The van der Waals surface area contributed by atoms with Crippen LogP contribution in [0.1, 0.15) is 43.2 Å². The van der Waals surface area contributed by atoms with Gasteiger partial charge in [-0.05, 0) is 137 Å². The van der Waals surface area contributed by atoms with E-state index in [0.717, 1.165) is 11.3 Å². The highest BCUT2D eigenvalue weighted by Gasteiger charge is 2.37. The second-order valence-corrected chi connectivity index (χ2v) is 16.0. The van der Waals surface area contributed by atoms with E-state index in [1.54, 1.807) is 0 Å². The lowest BCUT2D eigenvalue weighted by molar-refractivity contribution is 0.578. The Morgan fingerprint density at radius 3 is 1.79 bits per heavy atom. The lowest BCUT2D eigenvalue weighted by atomic mass is 9.80. The zero-order valence-electron chi connectivity index (χ0n) is 32.1. The minimum Gasteiger partial charge on any atom is -0.461 e. The van der Waals surface area contributed by atoms with E-state index >= 15 is 0 Å². The van der Waals surface area contributed by atoms with Crippen LogP contribution in [0, 0.1) is 6.92 Å². The lowest BCUT2D eigenvalue weighted by Crippen LogP contribution is -2.15. The lowest BCUT2D eigenvalue weighted by Gasteiger charge is -2.23. The van der Waals surface area contributed by atoms with Crippen LogP contribution in [0.25, 0.3) is 105 Å². The van der Waals surface area contributed by atoms with Gasteiger partial charge in [0, 0.05) is 16.4 Å². The van der Waals surface area contributed by atoms with E-state index in [1.807, 2.05) is 0 Å². The molecule has 1 heterocycles. The summed E-state index contributed by atoms with van der Waals surface area (Å²) < 4.78 is 6.35. The fourth-order valence-electron chi connectivity index (χ4n) is 9.89. The zero-order chi connectivity index (χ0) is 37.7. The minimum atomic E-state index is -0.174. The number of furan rings is 1. The van der Waals surface area contributed by atoms with E-state index in [4.69, 9.17) is 4.42 Å². The maximum Gasteiger partial charge on any atom is 0.135 e. The first-order chi connectivity index (χ1) is 27.4. The molecule has 56 heavy (non-hydrogen) atoms. The Labute approximate surface area is 327 Å². The highest BCUT2D eigenvalue weighted by Crippen LogP contribution is 2.54. The molecule has 0 radical (unpaired) electrons. The zero-order valence-corrected chi connectivity index (χ0v) is 32.1. The third kappa shape index (κ3) is 4.67. The van der Waals surface area contributed by atoms with Crippen LogP contribution < -0.4 is 0 Å². The van der Waals surface area contributed by atoms with Gasteiger partial charge in [-0.2, -0.15) is 0 Å². The first kappa shape index (κ1) is 32.7. The Hall–Kier alpha value is -6.70. The molecule has 9 aromatic carbocycles. The summed E-state index contributed by atoms with van der Waals surface area (Å²) in [6, 6.07) is 58.9. The molecule has 0 spiro atoms. The molecule has 1 heteroatoms. The molecular formula is C55H40O. The summed E-state index contributed by atoms with van der Waals surface area (Å²) in [7, 11) is 0. The molecule has 1 aliphatic carbocycles. The van der Waals surface area contributed by atoms with E-state index in [0.29, 0.717) is 0 Å². The molecule has 1 nitrogen and oxygen atoms in total. The van der Waals surface area contributed by atoms with Gasteiger partial charge in [0.2, 0.25) is 0 Å². The van der Waals surface area contributed by atoms with Gasteiger partial charge in [0.25, 0.3) is 0 Å². The van der Waals surface area contributed by atoms with Gasteiger partial charge < -0.3 is 4.42 Å². The molecule has 266 valence electrons. The van der Waals surface area contributed by atoms with Crippen LogP contribution in [0.2, 0.25) is 0 Å². The maximum absolute atomic E-state index is 6.35. The molecule has 11 rings (SSSR count). The van der Waals surface area contributed by atoms with Crippen molar-refractivity contribution in [1.29, 1.82) is 0 Å². The Bertz CT molecular complexity index is 3230. The second-order valence-electron chi connectivity index (χ2n) is 16.0. The summed E-state index contributed by atoms with van der Waals surface area (Å²) >= 11 is 0. The highest BCUT2D eigenvalue weighted by atomic mass is 16.3. The smallest absolute Gasteiger partial charge is 0.135 e. The molecule has 0 fully saturated rings. The van der Waals surface area contributed by atoms with E-state index < -0.39 is 0 Å². The summed E-state index contributed by atoms with van der Waals surface area (Å²) in [5.41, 5.74) is 14.8. The third-order valence-electron chi connectivity index (χ3n) is 12.5. The summed E-state index contributed by atoms with van der Waals surface area (Å²) in [6.07, 6.45) is 4.25. The molecule has 10 aromatic rings. The van der Waals surface area contributed by atoms with Crippen molar-refractivity contribution in [3.8, 4) is 44.5 Å². The number of benzene rings is 9. The summed E-state index contributed by atoms with van der Waals surface area (Å²) in [4.78, 5) is 0. The van der Waals surface area contributed by atoms with Crippen LogP contribution in [-0.2, 0) is 5.41 Å². The SMILES string of the molecule is C/C=C\c1c(C)oc2cc3c4c(ccc3cc12)C(C)(C)c1cc(-c2c3ccccc3c(-c3cccc(-c5cccc6ccccc56)c3)c3ccccc23)ccc1-4. The summed E-state index contributed by atoms with van der Waals surface area (Å²) in [5.74, 6) is 0.957. The molecule has 0 N–H and O–H groups in total. The largest absolute Gasteiger partial charge is 0.461 e. The van der Waals surface area contributed by atoms with E-state index in [2.05, 4.69) is 198 Å². The second kappa shape index (κ2) is 12.2. The third-order valence-corrected chi connectivity index (χ3v) is 12.5. The summed E-state index contributed by atoms with van der Waals surface area (Å²) in [6.45, 7) is 8.89. The number of fused-ring (bicyclic) bond motifs is 9. The predicted molar refractivity (Wildman–Crippen MR) is 240 cm³/mol. The molecule has 0 atom stereocenters. The Morgan fingerprint density at radius 2 is 1.07 bits per heavy atom. The molecule has 0 bridgehead atoms. The molecule has 0 aliphatic heterocycles. The average Bonchev–Trinajstić information content (AvgIpc) is 3.66. The van der Waals surface area contributed by atoms with Crippen molar-refractivity contribution in [2.45, 2.75) is 33.1 Å². The van der Waals surface area contributed by atoms with Crippen LogP contribution in [0.5, 0.6) is 0 Å². The van der Waals surface area contributed by atoms with Gasteiger partial charge in [0.05, 0.1) is 0 Å². The normalized spacial score (nSPS) is 13.4. The number of allylic oxidation sites excluding steroid dienone is 1. The van der Waals surface area contributed by atoms with Crippen molar-refractivity contribution >= 4 is 60.1 Å². The van der Waals surface area contributed by atoms with Crippen molar-refractivity contribution < 1.29 is 4.42 Å². The van der Waals surface area contributed by atoms with Gasteiger partial charge in [-0.3, -0.25) is 0 Å². The van der Waals surface area contributed by atoms with E-state index in [9.17, 15) is 0 Å². The monoisotopic (exact) mass is 716 g/mol. The van der Waals surface area contributed by atoms with Crippen molar-refractivity contribution in [2.75, 3.05) is 0 Å². The van der Waals surface area contributed by atoms with Crippen molar-refractivity contribution in [2.24, 2.45) is 0 Å². The number of rotatable bonds is 4. The summed E-state index contributed by atoms with van der Waals surface area (Å²) in [5, 5.41) is 11.3. The average molecular weight is 717 g/mol. The minimum absolute atomic E-state index is 0.174. The van der Waals surface area contributed by atoms with Crippen LogP contribution in [0.3, 0.4) is 0 Å². The van der Waals surface area contributed by atoms with E-state index in [-0.39, 0.29) is 5.41 Å². The Balaban J connectivity index is 1.11. The van der Waals surface area contributed by atoms with Crippen LogP contribution >= 0.6 is 0 Å². The molecule has 0 saturated heterocycles. The molecule has 0 unspecified atom stereocenters. The quantitative estimate of drug-likeness (QED) is 0.165. The van der Waals surface area contributed by atoms with Crippen molar-refractivity contribution in [1.82, 2.24) is 0 Å². The maximum atomic E-state index is 6.35. The highest BCUT2D eigenvalue weighted by molar-refractivity contribution is 6.22. The fraction of sp³-hybridized carbons (Fsp3) is 0.0909. The van der Waals surface area contributed by atoms with E-state index in [1.165, 1.54) is 110 Å². The van der Waals surface area contributed by atoms with Crippen LogP contribution in [0.15, 0.2) is 168 Å². The Morgan fingerprint density at radius 1 is 0.446 bits per heavy atom. The Kier molecular flexibility index (Phi) is 7.10. The predicted octanol–water partition coefficient (Wildman–Crippen LogP) is 15.7. The standard InChI is InChI=1S/C55H40O/c1-5-14-39-33(2)56-51-32-47-36(30-48(39)51)26-28-49-54(47)46-27-25-38(31-50(46)55(49,3)4)53-44-22-10-8-20-42(44)52(43-21-9-11-23-45(43)53)37-18-12-17-35(29-37)41-24-13-16-34-15-6-7-19-40(34)41/h5-32H,1-4H3/b14-5-. The van der Waals surface area contributed by atoms with Gasteiger partial charge in [0.15, 0.2) is 0 Å². The van der Waals surface area contributed by atoms with Gasteiger partial charge >= 0.3 is 0 Å². The molecule has 1 aliphatic rings. The van der Waals surface area contributed by atoms with Crippen LogP contribution in [0.4, 0.5) is 0 Å². The topological polar surface area (TPSA) is 13.1 Å². The van der Waals surface area contributed by atoms with Crippen LogP contribution in [-0.4, -0.2) is 0 Å². The molecular weight excluding hydrogens is 677 g/mol. The van der Waals surface area contributed by atoms with Gasteiger partial charge in [0.1, 0.15) is 11.3 Å². The number of hydrogen-bond donors (Lipinski definition) is 0. The first-order valence-electron chi connectivity index (χ1n) is 19.7. The van der Waals surface area contributed by atoms with Crippen molar-refractivity contribution in [3.63, 3.8) is 0 Å². The number of hydrogen-bond acceptors (Lipinski definition) is 1. The first-order valence-corrected chi connectivity index (χ1v) is 19.7. The molecule has 1 aromatic heterocycles. The van der Waals surface area contributed by atoms with Crippen molar-refractivity contribution in [3.05, 3.63) is 186 Å². The van der Waals surface area contributed by atoms with Gasteiger partial charge in [-0.15, -0.1) is 0 Å². The number of aryl methyl sites for hydroxylation is 1.